The summed E-state index contributed by atoms with van der Waals surface area (Å²) in [6.45, 7) is 4.77. The van der Waals surface area contributed by atoms with Crippen LogP contribution in [-0.2, 0) is 21.3 Å². The Morgan fingerprint density at radius 2 is 1.53 bits per heavy atom. The molecule has 0 atom stereocenters. The summed E-state index contributed by atoms with van der Waals surface area (Å²) in [7, 11) is -4.09. The molecule has 0 N–H and O–H groups in total. The maximum atomic E-state index is 13.4. The van der Waals surface area contributed by atoms with Crippen molar-refractivity contribution in [2.75, 3.05) is 32.8 Å². The Hall–Kier alpha value is -2.59. The average molecular weight is 524 g/mol. The smallest absolute Gasteiger partial charge is 0.409 e. The number of carbonyl (C=O) groups excluding carboxylic acids is 2. The van der Waals surface area contributed by atoms with Crippen LogP contribution in [0.4, 0.5) is 9.59 Å². The quantitative estimate of drug-likeness (QED) is 0.593. The number of rotatable bonds is 5. The summed E-state index contributed by atoms with van der Waals surface area (Å²) in [6.07, 6.45) is -0.432. The second-order valence-electron chi connectivity index (χ2n) is 7.41. The molecule has 2 aromatic carbocycles. The summed E-state index contributed by atoms with van der Waals surface area (Å²) in [5.41, 5.74) is 1.60. The van der Waals surface area contributed by atoms with Crippen LogP contribution in [-0.4, -0.2) is 67.4 Å². The second kappa shape index (κ2) is 10.4. The van der Waals surface area contributed by atoms with Gasteiger partial charge in [0.25, 0.3) is 10.0 Å². The summed E-state index contributed by atoms with van der Waals surface area (Å²) in [5, 5.41) is 0. The van der Waals surface area contributed by atoms with Crippen molar-refractivity contribution in [3.8, 4) is 0 Å². The molecule has 2 aromatic rings. The Bertz CT molecular complexity index is 1050. The van der Waals surface area contributed by atoms with Gasteiger partial charge < -0.3 is 14.5 Å². The van der Waals surface area contributed by atoms with E-state index in [2.05, 4.69) is 15.9 Å². The maximum absolute atomic E-state index is 13.4. The average Bonchev–Trinajstić information content (AvgIpc) is 2.78. The molecule has 1 fully saturated rings. The van der Waals surface area contributed by atoms with Gasteiger partial charge in [0.1, 0.15) is 0 Å². The van der Waals surface area contributed by atoms with Crippen LogP contribution in [0.5, 0.6) is 0 Å². The zero-order valence-corrected chi connectivity index (χ0v) is 20.4. The fourth-order valence-corrected chi connectivity index (χ4v) is 4.94. The molecule has 0 bridgehead atoms. The number of urea groups is 1. The molecule has 1 heterocycles. The van der Waals surface area contributed by atoms with E-state index in [9.17, 15) is 18.0 Å². The molecule has 10 heteroatoms. The predicted molar refractivity (Wildman–Crippen MR) is 124 cm³/mol. The predicted octanol–water partition coefficient (Wildman–Crippen LogP) is 3.84. The minimum absolute atomic E-state index is 0.0544. The normalized spacial score (nSPS) is 14.2. The van der Waals surface area contributed by atoms with E-state index in [1.165, 1.54) is 21.9 Å². The summed E-state index contributed by atoms with van der Waals surface area (Å²) in [5.74, 6) is 0. The minimum Gasteiger partial charge on any atom is -0.450 e. The number of ether oxygens (including phenoxy) is 1. The number of benzene rings is 2. The lowest BCUT2D eigenvalue weighted by atomic mass is 10.2. The van der Waals surface area contributed by atoms with E-state index < -0.39 is 22.1 Å². The number of aryl methyl sites for hydroxylation is 1. The van der Waals surface area contributed by atoms with Crippen LogP contribution in [0.2, 0.25) is 0 Å². The monoisotopic (exact) mass is 523 g/mol. The molecular weight excluding hydrogens is 498 g/mol. The number of sulfonamides is 1. The van der Waals surface area contributed by atoms with Gasteiger partial charge in [0, 0.05) is 30.7 Å². The van der Waals surface area contributed by atoms with E-state index in [1.807, 2.05) is 6.92 Å². The van der Waals surface area contributed by atoms with Crippen LogP contribution in [0.3, 0.4) is 0 Å². The Morgan fingerprint density at radius 1 is 0.969 bits per heavy atom. The lowest BCUT2D eigenvalue weighted by Crippen LogP contribution is -2.54. The van der Waals surface area contributed by atoms with E-state index in [1.54, 1.807) is 43.3 Å². The van der Waals surface area contributed by atoms with Crippen molar-refractivity contribution in [2.24, 2.45) is 0 Å². The zero-order chi connectivity index (χ0) is 23.3. The molecular formula is C22H26BrN3O5S. The van der Waals surface area contributed by atoms with Crippen molar-refractivity contribution in [3.63, 3.8) is 0 Å². The van der Waals surface area contributed by atoms with Crippen LogP contribution in [0, 0.1) is 6.92 Å². The number of nitrogens with zero attached hydrogens (tertiary/aromatic N) is 3. The van der Waals surface area contributed by atoms with Gasteiger partial charge in [-0.05, 0) is 43.7 Å². The molecule has 0 saturated carbocycles. The molecule has 0 unspecified atom stereocenters. The minimum atomic E-state index is -4.09. The summed E-state index contributed by atoms with van der Waals surface area (Å²) < 4.78 is 33.7. The van der Waals surface area contributed by atoms with Crippen molar-refractivity contribution >= 4 is 38.1 Å². The molecule has 0 aliphatic carbocycles. The van der Waals surface area contributed by atoms with Crippen molar-refractivity contribution in [1.82, 2.24) is 14.1 Å². The van der Waals surface area contributed by atoms with Crippen molar-refractivity contribution in [1.29, 1.82) is 0 Å². The SMILES string of the molecule is CCOC(=O)N1CCN(C(=O)N(Cc2ccc(Br)cc2)S(=O)(=O)c2ccc(C)cc2)CC1. The van der Waals surface area contributed by atoms with Crippen LogP contribution in [0.15, 0.2) is 57.9 Å². The Morgan fingerprint density at radius 3 is 2.09 bits per heavy atom. The highest BCUT2D eigenvalue weighted by Crippen LogP contribution is 2.22. The lowest BCUT2D eigenvalue weighted by Gasteiger charge is -2.36. The fourth-order valence-electron chi connectivity index (χ4n) is 3.30. The summed E-state index contributed by atoms with van der Waals surface area (Å²) >= 11 is 3.37. The van der Waals surface area contributed by atoms with Crippen LogP contribution in [0.25, 0.3) is 0 Å². The molecule has 32 heavy (non-hydrogen) atoms. The number of halogens is 1. The van der Waals surface area contributed by atoms with E-state index in [0.717, 1.165) is 14.3 Å². The van der Waals surface area contributed by atoms with Crippen LogP contribution >= 0.6 is 15.9 Å². The highest BCUT2D eigenvalue weighted by Gasteiger charge is 2.35. The van der Waals surface area contributed by atoms with Crippen molar-refractivity contribution in [2.45, 2.75) is 25.3 Å². The van der Waals surface area contributed by atoms with E-state index in [-0.39, 0.29) is 44.2 Å². The van der Waals surface area contributed by atoms with Gasteiger partial charge in [-0.25, -0.2) is 22.3 Å². The first-order valence-electron chi connectivity index (χ1n) is 10.3. The standard InChI is InChI=1S/C22H26BrN3O5S/c1-3-31-22(28)25-14-12-24(13-15-25)21(27)26(16-18-6-8-19(23)9-7-18)32(29,30)20-10-4-17(2)5-11-20/h4-11H,3,12-16H2,1-2H3. The molecule has 1 aliphatic rings. The van der Waals surface area contributed by atoms with E-state index >= 15 is 0 Å². The third-order valence-electron chi connectivity index (χ3n) is 5.14. The summed E-state index contributed by atoms with van der Waals surface area (Å²) in [4.78, 5) is 28.4. The van der Waals surface area contributed by atoms with Gasteiger partial charge in [-0.15, -0.1) is 0 Å². The molecule has 172 valence electrons. The van der Waals surface area contributed by atoms with Gasteiger partial charge in [-0.2, -0.15) is 0 Å². The van der Waals surface area contributed by atoms with Crippen LogP contribution in [0.1, 0.15) is 18.1 Å². The summed E-state index contributed by atoms with van der Waals surface area (Å²) in [6, 6.07) is 12.9. The Kier molecular flexibility index (Phi) is 7.78. The molecule has 0 spiro atoms. The highest BCUT2D eigenvalue weighted by atomic mass is 79.9. The molecule has 8 nitrogen and oxygen atoms in total. The maximum Gasteiger partial charge on any atom is 0.409 e. The van der Waals surface area contributed by atoms with Gasteiger partial charge in [0.05, 0.1) is 18.0 Å². The van der Waals surface area contributed by atoms with E-state index in [0.29, 0.717) is 5.56 Å². The first kappa shape index (κ1) is 24.1. The van der Waals surface area contributed by atoms with Gasteiger partial charge in [-0.3, -0.25) is 0 Å². The lowest BCUT2D eigenvalue weighted by molar-refractivity contribution is 0.0822. The van der Waals surface area contributed by atoms with E-state index in [4.69, 9.17) is 4.74 Å². The second-order valence-corrected chi connectivity index (χ2v) is 10.2. The number of hydrogen-bond acceptors (Lipinski definition) is 5. The fraction of sp³-hybridized carbons (Fsp3) is 0.364. The van der Waals surface area contributed by atoms with Gasteiger partial charge in [0.2, 0.25) is 0 Å². The number of hydrogen-bond donors (Lipinski definition) is 0. The highest BCUT2D eigenvalue weighted by molar-refractivity contribution is 9.10. The van der Waals surface area contributed by atoms with Gasteiger partial charge >= 0.3 is 12.1 Å². The van der Waals surface area contributed by atoms with Crippen LogP contribution < -0.4 is 0 Å². The molecule has 3 rings (SSSR count). The first-order chi connectivity index (χ1) is 15.2. The van der Waals surface area contributed by atoms with Crippen molar-refractivity contribution in [3.05, 3.63) is 64.1 Å². The number of amides is 3. The third kappa shape index (κ3) is 5.60. The number of carbonyl (C=O) groups is 2. The van der Waals surface area contributed by atoms with Crippen molar-refractivity contribution < 1.29 is 22.7 Å². The molecule has 0 aromatic heterocycles. The molecule has 3 amide bonds. The van der Waals surface area contributed by atoms with Gasteiger partial charge in [0.15, 0.2) is 0 Å². The Labute approximate surface area is 196 Å². The molecule has 1 saturated heterocycles. The number of piperazine rings is 1. The molecule has 1 aliphatic heterocycles. The molecule has 0 radical (unpaired) electrons. The van der Waals surface area contributed by atoms with Gasteiger partial charge in [-0.1, -0.05) is 45.8 Å². The third-order valence-corrected chi connectivity index (χ3v) is 7.40. The first-order valence-corrected chi connectivity index (χ1v) is 12.5. The largest absolute Gasteiger partial charge is 0.450 e. The zero-order valence-electron chi connectivity index (χ0n) is 18.0. The Balaban J connectivity index is 1.85. The topological polar surface area (TPSA) is 87.2 Å².